The Bertz CT molecular complexity index is 557. The highest BCUT2D eigenvalue weighted by molar-refractivity contribution is 7.89. The van der Waals surface area contributed by atoms with Crippen LogP contribution in [0.25, 0.3) is 0 Å². The van der Waals surface area contributed by atoms with Gasteiger partial charge in [0, 0.05) is 26.4 Å². The van der Waals surface area contributed by atoms with E-state index in [-0.39, 0.29) is 18.0 Å². The number of nitrogens with zero attached hydrogens (tertiary/aromatic N) is 3. The van der Waals surface area contributed by atoms with Crippen molar-refractivity contribution in [3.05, 3.63) is 12.4 Å². The van der Waals surface area contributed by atoms with E-state index in [4.69, 9.17) is 9.84 Å². The molecule has 2 heterocycles. The van der Waals surface area contributed by atoms with Crippen molar-refractivity contribution < 1.29 is 18.3 Å². The summed E-state index contributed by atoms with van der Waals surface area (Å²) in [6.07, 6.45) is 4.39. The van der Waals surface area contributed by atoms with Crippen molar-refractivity contribution in [2.45, 2.75) is 36.8 Å². The maximum absolute atomic E-state index is 12.6. The molecule has 1 saturated heterocycles. The zero-order valence-corrected chi connectivity index (χ0v) is 12.6. The summed E-state index contributed by atoms with van der Waals surface area (Å²) in [4.78, 5) is 0.159. The summed E-state index contributed by atoms with van der Waals surface area (Å²) in [6.45, 7) is 2.96. The fourth-order valence-electron chi connectivity index (χ4n) is 2.38. The van der Waals surface area contributed by atoms with Crippen LogP contribution in [0.4, 0.5) is 0 Å². The second kappa shape index (κ2) is 5.80. The van der Waals surface area contributed by atoms with Gasteiger partial charge in [0.2, 0.25) is 10.0 Å². The van der Waals surface area contributed by atoms with E-state index in [1.165, 1.54) is 21.4 Å². The highest BCUT2D eigenvalue weighted by atomic mass is 32.2. The second-order valence-corrected chi connectivity index (χ2v) is 7.20. The number of rotatable bonds is 5. The van der Waals surface area contributed by atoms with E-state index < -0.39 is 15.6 Å². The summed E-state index contributed by atoms with van der Waals surface area (Å²) >= 11 is 0. The van der Waals surface area contributed by atoms with Gasteiger partial charge in [-0.2, -0.15) is 9.40 Å². The van der Waals surface area contributed by atoms with Crippen molar-refractivity contribution in [2.75, 3.05) is 26.8 Å². The number of aliphatic hydroxyl groups excluding tert-OH is 1. The quantitative estimate of drug-likeness (QED) is 0.832. The Morgan fingerprint density at radius 1 is 1.55 bits per heavy atom. The van der Waals surface area contributed by atoms with E-state index >= 15 is 0 Å². The van der Waals surface area contributed by atoms with Gasteiger partial charge in [0.25, 0.3) is 0 Å². The zero-order chi connectivity index (χ0) is 14.8. The molecule has 0 radical (unpaired) electrons. The Kier molecular flexibility index (Phi) is 4.48. The standard InChI is InChI=1S/C12H21N3O4S/c1-12(19-2)4-3-5-15(10-12)20(17,18)11-8-13-14(9-11)6-7-16/h8-9,16H,3-7,10H2,1-2H3. The highest BCUT2D eigenvalue weighted by Gasteiger charge is 2.37. The van der Waals surface area contributed by atoms with Gasteiger partial charge in [-0.25, -0.2) is 8.42 Å². The largest absolute Gasteiger partial charge is 0.394 e. The van der Waals surface area contributed by atoms with Gasteiger partial charge in [-0.15, -0.1) is 0 Å². The third-order valence-electron chi connectivity index (χ3n) is 3.69. The number of piperidine rings is 1. The average Bonchev–Trinajstić information content (AvgIpc) is 2.89. The minimum absolute atomic E-state index is 0.0768. The predicted molar refractivity (Wildman–Crippen MR) is 72.7 cm³/mol. The molecule has 1 aliphatic rings. The van der Waals surface area contributed by atoms with Gasteiger partial charge in [-0.1, -0.05) is 0 Å². The molecule has 0 spiro atoms. The number of methoxy groups -OCH3 is 1. The summed E-state index contributed by atoms with van der Waals surface area (Å²) < 4.78 is 33.4. The van der Waals surface area contributed by atoms with E-state index in [0.29, 0.717) is 13.1 Å². The Morgan fingerprint density at radius 2 is 2.30 bits per heavy atom. The van der Waals surface area contributed by atoms with Crippen LogP contribution in [0.2, 0.25) is 0 Å². The lowest BCUT2D eigenvalue weighted by molar-refractivity contribution is -0.0319. The number of hydrogen-bond donors (Lipinski definition) is 1. The van der Waals surface area contributed by atoms with Crippen LogP contribution in [0.3, 0.4) is 0 Å². The van der Waals surface area contributed by atoms with E-state index in [1.807, 2.05) is 6.92 Å². The molecule has 114 valence electrons. The van der Waals surface area contributed by atoms with E-state index in [1.54, 1.807) is 7.11 Å². The van der Waals surface area contributed by atoms with Gasteiger partial charge < -0.3 is 9.84 Å². The molecule has 0 saturated carbocycles. The van der Waals surface area contributed by atoms with Gasteiger partial charge >= 0.3 is 0 Å². The average molecular weight is 303 g/mol. The van der Waals surface area contributed by atoms with Crippen molar-refractivity contribution in [3.8, 4) is 0 Å². The molecule has 0 bridgehead atoms. The van der Waals surface area contributed by atoms with Crippen LogP contribution in [0.1, 0.15) is 19.8 Å². The summed E-state index contributed by atoms with van der Waals surface area (Å²) in [5.74, 6) is 0. The Balaban J connectivity index is 2.20. The SMILES string of the molecule is COC1(C)CCCN(S(=O)(=O)c2cnn(CCO)c2)C1. The first-order valence-electron chi connectivity index (χ1n) is 6.60. The normalized spacial score (nSPS) is 24.9. The van der Waals surface area contributed by atoms with Crippen LogP contribution >= 0.6 is 0 Å². The van der Waals surface area contributed by atoms with Crippen LogP contribution in [0, 0.1) is 0 Å². The summed E-state index contributed by atoms with van der Waals surface area (Å²) in [5, 5.41) is 12.8. The molecule has 1 N–H and O–H groups in total. The maximum atomic E-state index is 12.6. The zero-order valence-electron chi connectivity index (χ0n) is 11.8. The Labute approximate surface area is 119 Å². The molecule has 1 atom stereocenters. The van der Waals surface area contributed by atoms with Gasteiger partial charge in [0.15, 0.2) is 0 Å². The van der Waals surface area contributed by atoms with Crippen molar-refractivity contribution in [3.63, 3.8) is 0 Å². The lowest BCUT2D eigenvalue weighted by Gasteiger charge is -2.38. The van der Waals surface area contributed by atoms with Crippen molar-refractivity contribution in [2.24, 2.45) is 0 Å². The number of sulfonamides is 1. The summed E-state index contributed by atoms with van der Waals surface area (Å²) in [5.41, 5.74) is -0.438. The molecule has 1 aromatic rings. The molecule has 1 aliphatic heterocycles. The van der Waals surface area contributed by atoms with Crippen molar-refractivity contribution >= 4 is 10.0 Å². The van der Waals surface area contributed by atoms with E-state index in [2.05, 4.69) is 5.10 Å². The molecule has 0 aromatic carbocycles. The topological polar surface area (TPSA) is 84.7 Å². The van der Waals surface area contributed by atoms with E-state index in [0.717, 1.165) is 12.8 Å². The van der Waals surface area contributed by atoms with Gasteiger partial charge in [0.1, 0.15) is 4.90 Å². The Hall–Kier alpha value is -0.960. The first-order chi connectivity index (χ1) is 9.41. The van der Waals surface area contributed by atoms with Gasteiger partial charge in [-0.3, -0.25) is 4.68 Å². The lowest BCUT2D eigenvalue weighted by atomic mass is 9.96. The molecule has 0 amide bonds. The van der Waals surface area contributed by atoms with Gasteiger partial charge in [-0.05, 0) is 19.8 Å². The molecule has 2 rings (SSSR count). The van der Waals surface area contributed by atoms with E-state index in [9.17, 15) is 8.42 Å². The monoisotopic (exact) mass is 303 g/mol. The fraction of sp³-hybridized carbons (Fsp3) is 0.750. The number of ether oxygens (including phenoxy) is 1. The smallest absolute Gasteiger partial charge is 0.246 e. The predicted octanol–water partition coefficient (Wildman–Crippen LogP) is 0.0650. The third-order valence-corrected chi connectivity index (χ3v) is 5.49. The third kappa shape index (κ3) is 3.03. The molecule has 1 aromatic heterocycles. The molecular formula is C12H21N3O4S. The molecule has 1 fully saturated rings. The second-order valence-electron chi connectivity index (χ2n) is 5.26. The van der Waals surface area contributed by atoms with Crippen LogP contribution in [-0.2, 0) is 21.3 Å². The van der Waals surface area contributed by atoms with Gasteiger partial charge in [0.05, 0.1) is 24.9 Å². The number of aromatic nitrogens is 2. The minimum Gasteiger partial charge on any atom is -0.394 e. The van der Waals surface area contributed by atoms with Crippen LogP contribution in [0.15, 0.2) is 17.3 Å². The van der Waals surface area contributed by atoms with Crippen LogP contribution in [-0.4, -0.2) is 60.0 Å². The van der Waals surface area contributed by atoms with Crippen LogP contribution < -0.4 is 0 Å². The maximum Gasteiger partial charge on any atom is 0.246 e. The van der Waals surface area contributed by atoms with Crippen LogP contribution in [0.5, 0.6) is 0 Å². The molecular weight excluding hydrogens is 282 g/mol. The number of aliphatic hydroxyl groups is 1. The molecule has 8 heteroatoms. The Morgan fingerprint density at radius 3 is 2.95 bits per heavy atom. The highest BCUT2D eigenvalue weighted by Crippen LogP contribution is 2.28. The van der Waals surface area contributed by atoms with Crippen molar-refractivity contribution in [1.82, 2.24) is 14.1 Å². The lowest BCUT2D eigenvalue weighted by Crippen LogP contribution is -2.49. The van der Waals surface area contributed by atoms with Crippen molar-refractivity contribution in [1.29, 1.82) is 0 Å². The summed E-state index contributed by atoms with van der Waals surface area (Å²) in [6, 6.07) is 0. The molecule has 20 heavy (non-hydrogen) atoms. The molecule has 1 unspecified atom stereocenters. The molecule has 0 aliphatic carbocycles. The summed E-state index contributed by atoms with van der Waals surface area (Å²) in [7, 11) is -1.95. The first kappa shape index (κ1) is 15.4. The number of hydrogen-bond acceptors (Lipinski definition) is 5. The first-order valence-corrected chi connectivity index (χ1v) is 8.04. The molecule has 7 nitrogen and oxygen atoms in total. The fourth-order valence-corrected chi connectivity index (χ4v) is 3.93. The minimum atomic E-state index is -3.55.